The fourth-order valence-corrected chi connectivity index (χ4v) is 3.47. The van der Waals surface area contributed by atoms with E-state index in [1.807, 2.05) is 4.90 Å². The summed E-state index contributed by atoms with van der Waals surface area (Å²) in [6, 6.07) is 0.306. The molecule has 0 unspecified atom stereocenters. The van der Waals surface area contributed by atoms with Gasteiger partial charge in [-0.2, -0.15) is 0 Å². The van der Waals surface area contributed by atoms with Crippen molar-refractivity contribution in [3.05, 3.63) is 11.9 Å². The summed E-state index contributed by atoms with van der Waals surface area (Å²) >= 11 is 0. The Balaban J connectivity index is 1.58. The van der Waals surface area contributed by atoms with Crippen molar-refractivity contribution in [3.63, 3.8) is 0 Å². The topological polar surface area (TPSA) is 92.2 Å². The molecule has 0 radical (unpaired) electrons. The highest BCUT2D eigenvalue weighted by molar-refractivity contribution is 5.92. The summed E-state index contributed by atoms with van der Waals surface area (Å²) in [5, 5.41) is 13.7. The summed E-state index contributed by atoms with van der Waals surface area (Å²) in [5.74, 6) is -0.155. The van der Waals surface area contributed by atoms with Crippen LogP contribution in [0.25, 0.3) is 0 Å². The highest BCUT2D eigenvalue weighted by Gasteiger charge is 2.29. The molecule has 1 saturated carbocycles. The van der Waals surface area contributed by atoms with Crippen LogP contribution in [0.15, 0.2) is 6.20 Å². The van der Waals surface area contributed by atoms with E-state index in [0.717, 1.165) is 32.2 Å². The molecule has 2 heterocycles. The van der Waals surface area contributed by atoms with E-state index in [2.05, 4.69) is 20.9 Å². The van der Waals surface area contributed by atoms with Crippen molar-refractivity contribution in [1.82, 2.24) is 30.5 Å². The maximum atomic E-state index is 12.2. The third kappa shape index (κ3) is 3.62. The van der Waals surface area contributed by atoms with Gasteiger partial charge < -0.3 is 15.5 Å². The molecule has 0 bridgehead atoms. The average Bonchev–Trinajstić information content (AvgIpc) is 3.28. The van der Waals surface area contributed by atoms with Crippen LogP contribution < -0.4 is 10.6 Å². The second kappa shape index (κ2) is 6.97. The number of carbonyl (C=O) groups is 2. The van der Waals surface area contributed by atoms with E-state index in [1.165, 1.54) is 12.8 Å². The van der Waals surface area contributed by atoms with Crippen LogP contribution >= 0.6 is 0 Å². The minimum absolute atomic E-state index is 0.0631. The van der Waals surface area contributed by atoms with Crippen LogP contribution in [-0.2, 0) is 6.54 Å². The van der Waals surface area contributed by atoms with Crippen LogP contribution in [0.3, 0.4) is 0 Å². The molecule has 23 heavy (non-hydrogen) atoms. The highest BCUT2D eigenvalue weighted by atomic mass is 16.2. The monoisotopic (exact) mass is 320 g/mol. The molecule has 0 aromatic carbocycles. The zero-order valence-corrected chi connectivity index (χ0v) is 13.5. The number of rotatable bonds is 4. The number of hydrogen-bond donors (Lipinski definition) is 2. The van der Waals surface area contributed by atoms with Crippen molar-refractivity contribution in [2.75, 3.05) is 13.6 Å². The van der Waals surface area contributed by atoms with Crippen LogP contribution in [0, 0.1) is 0 Å². The van der Waals surface area contributed by atoms with E-state index in [4.69, 9.17) is 0 Å². The SMILES string of the molecule is CNC(=O)N1CCC[C@H]1Cn1cc(C(=O)NC2CCCC2)nn1. The van der Waals surface area contributed by atoms with Gasteiger partial charge in [-0.15, -0.1) is 5.10 Å². The Hall–Kier alpha value is -2.12. The van der Waals surface area contributed by atoms with E-state index in [9.17, 15) is 9.59 Å². The minimum Gasteiger partial charge on any atom is -0.348 e. The Morgan fingerprint density at radius 3 is 2.78 bits per heavy atom. The number of hydrogen-bond acceptors (Lipinski definition) is 4. The van der Waals surface area contributed by atoms with Gasteiger partial charge in [-0.1, -0.05) is 18.1 Å². The van der Waals surface area contributed by atoms with Crippen LogP contribution in [0.2, 0.25) is 0 Å². The lowest BCUT2D eigenvalue weighted by molar-refractivity contribution is 0.0932. The van der Waals surface area contributed by atoms with Crippen LogP contribution in [0.1, 0.15) is 49.0 Å². The van der Waals surface area contributed by atoms with Crippen molar-refractivity contribution < 1.29 is 9.59 Å². The first-order valence-electron chi connectivity index (χ1n) is 8.36. The van der Waals surface area contributed by atoms with Crippen molar-refractivity contribution in [3.8, 4) is 0 Å². The molecule has 1 aromatic rings. The lowest BCUT2D eigenvalue weighted by Crippen LogP contribution is -2.43. The first-order valence-corrected chi connectivity index (χ1v) is 8.36. The molecule has 2 N–H and O–H groups in total. The summed E-state index contributed by atoms with van der Waals surface area (Å²) in [5.41, 5.74) is 0.349. The fraction of sp³-hybridized carbons (Fsp3) is 0.733. The van der Waals surface area contributed by atoms with Gasteiger partial charge in [0.25, 0.3) is 5.91 Å². The Labute approximate surface area is 135 Å². The number of likely N-dealkylation sites (tertiary alicyclic amines) is 1. The molecule has 2 aliphatic rings. The summed E-state index contributed by atoms with van der Waals surface area (Å²) < 4.78 is 1.66. The van der Waals surface area contributed by atoms with Gasteiger partial charge in [-0.05, 0) is 25.7 Å². The number of nitrogens with zero attached hydrogens (tertiary/aromatic N) is 4. The summed E-state index contributed by atoms with van der Waals surface area (Å²) in [7, 11) is 1.64. The third-order valence-corrected chi connectivity index (χ3v) is 4.71. The fourth-order valence-electron chi connectivity index (χ4n) is 3.47. The van der Waals surface area contributed by atoms with Crippen LogP contribution in [-0.4, -0.2) is 57.5 Å². The lowest BCUT2D eigenvalue weighted by atomic mass is 10.2. The smallest absolute Gasteiger partial charge is 0.317 e. The predicted octanol–water partition coefficient (Wildman–Crippen LogP) is 0.754. The first kappa shape index (κ1) is 15.8. The molecule has 1 aromatic heterocycles. The van der Waals surface area contributed by atoms with Crippen molar-refractivity contribution in [1.29, 1.82) is 0 Å². The molecule has 8 nitrogen and oxygen atoms in total. The van der Waals surface area contributed by atoms with Gasteiger partial charge in [-0.3, -0.25) is 4.79 Å². The van der Waals surface area contributed by atoms with E-state index in [-0.39, 0.29) is 24.0 Å². The van der Waals surface area contributed by atoms with Gasteiger partial charge in [-0.25, -0.2) is 9.48 Å². The van der Waals surface area contributed by atoms with Gasteiger partial charge in [0.15, 0.2) is 5.69 Å². The number of aromatic nitrogens is 3. The molecule has 1 aliphatic carbocycles. The molecule has 0 spiro atoms. The Bertz CT molecular complexity index is 566. The van der Waals surface area contributed by atoms with Crippen molar-refractivity contribution in [2.45, 2.75) is 57.2 Å². The number of urea groups is 1. The Morgan fingerprint density at radius 1 is 1.26 bits per heavy atom. The van der Waals surface area contributed by atoms with Gasteiger partial charge in [0.2, 0.25) is 0 Å². The zero-order valence-electron chi connectivity index (χ0n) is 13.5. The zero-order chi connectivity index (χ0) is 16.2. The predicted molar refractivity (Wildman–Crippen MR) is 83.9 cm³/mol. The standard InChI is InChI=1S/C15H24N6O2/c1-16-15(23)21-8-4-7-12(21)9-20-10-13(18-19-20)14(22)17-11-5-2-3-6-11/h10-12H,2-9H2,1H3,(H,16,23)(H,17,22)/t12-/m0/s1. The maximum Gasteiger partial charge on any atom is 0.317 e. The van der Waals surface area contributed by atoms with E-state index >= 15 is 0 Å². The third-order valence-electron chi connectivity index (χ3n) is 4.71. The van der Waals surface area contributed by atoms with Gasteiger partial charge in [0, 0.05) is 19.6 Å². The van der Waals surface area contributed by atoms with Gasteiger partial charge in [0.1, 0.15) is 0 Å². The lowest BCUT2D eigenvalue weighted by Gasteiger charge is -2.23. The Kier molecular flexibility index (Phi) is 4.78. The molecule has 3 rings (SSSR count). The largest absolute Gasteiger partial charge is 0.348 e. The molecule has 1 saturated heterocycles. The van der Waals surface area contributed by atoms with Crippen LogP contribution in [0.4, 0.5) is 4.79 Å². The van der Waals surface area contributed by atoms with Crippen molar-refractivity contribution in [2.24, 2.45) is 0 Å². The summed E-state index contributed by atoms with van der Waals surface area (Å²) in [6.07, 6.45) is 8.04. The summed E-state index contributed by atoms with van der Waals surface area (Å²) in [4.78, 5) is 25.8. The quantitative estimate of drug-likeness (QED) is 0.856. The second-order valence-electron chi connectivity index (χ2n) is 6.33. The molecule has 1 aliphatic heterocycles. The molecular formula is C15H24N6O2. The van der Waals surface area contributed by atoms with Crippen molar-refractivity contribution >= 4 is 11.9 Å². The molecular weight excluding hydrogens is 296 g/mol. The number of nitrogens with one attached hydrogen (secondary N) is 2. The summed E-state index contributed by atoms with van der Waals surface area (Å²) in [6.45, 7) is 1.32. The second-order valence-corrected chi connectivity index (χ2v) is 6.33. The van der Waals surface area contributed by atoms with E-state index in [1.54, 1.807) is 17.9 Å². The number of amides is 3. The Morgan fingerprint density at radius 2 is 2.04 bits per heavy atom. The van der Waals surface area contributed by atoms with Crippen LogP contribution in [0.5, 0.6) is 0 Å². The van der Waals surface area contributed by atoms with E-state index in [0.29, 0.717) is 12.2 Å². The molecule has 126 valence electrons. The average molecular weight is 320 g/mol. The molecule has 1 atom stereocenters. The first-order chi connectivity index (χ1) is 11.2. The number of carbonyl (C=O) groups excluding carboxylic acids is 2. The minimum atomic E-state index is -0.155. The molecule has 3 amide bonds. The normalized spacial score (nSPS) is 21.6. The highest BCUT2D eigenvalue weighted by Crippen LogP contribution is 2.19. The van der Waals surface area contributed by atoms with Gasteiger partial charge >= 0.3 is 6.03 Å². The van der Waals surface area contributed by atoms with Gasteiger partial charge in [0.05, 0.1) is 18.8 Å². The molecule has 8 heteroatoms. The maximum absolute atomic E-state index is 12.2. The van der Waals surface area contributed by atoms with E-state index < -0.39 is 0 Å². The molecule has 2 fully saturated rings.